The Morgan fingerprint density at radius 1 is 1.21 bits per heavy atom. The largest absolute Gasteiger partial charge is 0.507 e. The summed E-state index contributed by atoms with van der Waals surface area (Å²) in [6.07, 6.45) is 5.37. The second kappa shape index (κ2) is 7.68. The fourth-order valence-electron chi connectivity index (χ4n) is 4.06. The van der Waals surface area contributed by atoms with E-state index in [-0.39, 0.29) is 17.3 Å². The van der Waals surface area contributed by atoms with Crippen LogP contribution in [0, 0.1) is 0 Å². The lowest BCUT2D eigenvalue weighted by molar-refractivity contribution is -0.941. The standard InChI is InChI=1S/C23H25NO4/c1-15-5-3-4-12-24(15)14-19-20(25)11-10-18-22(26)21(28-23(18)19)13-16-6-8-17(27-2)9-7-16/h6-11,13,15,25H,3-5,12,14H2,1-2H3/p+1/b21-13-/t15-/m0/s1. The number of carbonyl (C=O) groups excluding carboxylic acids is 1. The van der Waals surface area contributed by atoms with Crippen LogP contribution in [-0.2, 0) is 6.54 Å². The fraction of sp³-hybridized carbons (Fsp3) is 0.348. The van der Waals surface area contributed by atoms with Gasteiger partial charge < -0.3 is 19.5 Å². The molecule has 5 heteroatoms. The Bertz CT molecular complexity index is 917. The average molecular weight is 380 g/mol. The van der Waals surface area contributed by atoms with E-state index in [1.54, 1.807) is 25.3 Å². The van der Waals surface area contributed by atoms with Gasteiger partial charge in [-0.3, -0.25) is 4.79 Å². The third kappa shape index (κ3) is 3.50. The van der Waals surface area contributed by atoms with E-state index in [0.29, 0.717) is 23.9 Å². The topological polar surface area (TPSA) is 60.2 Å². The zero-order valence-electron chi connectivity index (χ0n) is 16.3. The highest BCUT2D eigenvalue weighted by Gasteiger charge is 2.33. The van der Waals surface area contributed by atoms with E-state index in [0.717, 1.165) is 23.4 Å². The number of hydrogen-bond donors (Lipinski definition) is 2. The minimum absolute atomic E-state index is 0.145. The van der Waals surface area contributed by atoms with Crippen molar-refractivity contribution in [2.24, 2.45) is 0 Å². The number of carbonyl (C=O) groups is 1. The number of rotatable bonds is 4. The van der Waals surface area contributed by atoms with Crippen molar-refractivity contribution in [2.75, 3.05) is 13.7 Å². The molecule has 1 saturated heterocycles. The van der Waals surface area contributed by atoms with Crippen LogP contribution < -0.4 is 14.4 Å². The molecule has 0 aliphatic carbocycles. The van der Waals surface area contributed by atoms with Crippen LogP contribution in [0.4, 0.5) is 0 Å². The molecule has 0 saturated carbocycles. The summed E-state index contributed by atoms with van der Waals surface area (Å²) in [6.45, 7) is 3.99. The van der Waals surface area contributed by atoms with Crippen LogP contribution in [0.1, 0.15) is 47.7 Å². The van der Waals surface area contributed by atoms with E-state index < -0.39 is 0 Å². The maximum atomic E-state index is 12.8. The molecule has 2 aliphatic rings. The molecule has 2 N–H and O–H groups in total. The molecule has 1 fully saturated rings. The summed E-state index contributed by atoms with van der Waals surface area (Å²) in [5.74, 6) is 1.61. The van der Waals surface area contributed by atoms with Crippen LogP contribution >= 0.6 is 0 Å². The second-order valence-corrected chi connectivity index (χ2v) is 7.63. The molecule has 1 unspecified atom stereocenters. The maximum Gasteiger partial charge on any atom is 0.231 e. The molecule has 2 aromatic rings. The first kappa shape index (κ1) is 18.6. The number of hydrogen-bond acceptors (Lipinski definition) is 4. The van der Waals surface area contributed by atoms with Crippen molar-refractivity contribution in [3.8, 4) is 17.2 Å². The van der Waals surface area contributed by atoms with E-state index in [1.165, 1.54) is 24.2 Å². The number of allylic oxidation sites excluding steroid dienone is 1. The number of aromatic hydroxyl groups is 1. The van der Waals surface area contributed by atoms with Gasteiger partial charge in [0.25, 0.3) is 0 Å². The summed E-state index contributed by atoms with van der Waals surface area (Å²) >= 11 is 0. The third-order valence-corrected chi connectivity index (χ3v) is 5.82. The molecule has 0 bridgehead atoms. The summed E-state index contributed by atoms with van der Waals surface area (Å²) in [7, 11) is 1.62. The van der Waals surface area contributed by atoms with Crippen LogP contribution in [0.25, 0.3) is 6.08 Å². The lowest BCUT2D eigenvalue weighted by Crippen LogP contribution is -3.14. The summed E-state index contributed by atoms with van der Waals surface area (Å²) in [6, 6.07) is 11.2. The highest BCUT2D eigenvalue weighted by Crippen LogP contribution is 2.39. The number of fused-ring (bicyclic) bond motifs is 1. The molecule has 2 aromatic carbocycles. The van der Waals surface area contributed by atoms with E-state index >= 15 is 0 Å². The van der Waals surface area contributed by atoms with Gasteiger partial charge in [-0.05, 0) is 62.1 Å². The van der Waals surface area contributed by atoms with E-state index in [1.807, 2.05) is 24.3 Å². The molecule has 4 rings (SSSR count). The Labute approximate surface area is 165 Å². The van der Waals surface area contributed by atoms with Gasteiger partial charge in [0.15, 0.2) is 11.5 Å². The Morgan fingerprint density at radius 2 is 2.00 bits per heavy atom. The van der Waals surface area contributed by atoms with Crippen molar-refractivity contribution >= 4 is 11.9 Å². The Balaban J connectivity index is 1.63. The van der Waals surface area contributed by atoms with Crippen molar-refractivity contribution in [1.82, 2.24) is 0 Å². The van der Waals surface area contributed by atoms with Gasteiger partial charge in [0.2, 0.25) is 5.78 Å². The molecule has 0 amide bonds. The zero-order chi connectivity index (χ0) is 19.7. The van der Waals surface area contributed by atoms with Crippen LogP contribution in [0.2, 0.25) is 0 Å². The number of likely N-dealkylation sites (tertiary alicyclic amines) is 1. The number of nitrogens with one attached hydrogen (secondary N) is 1. The van der Waals surface area contributed by atoms with E-state index in [4.69, 9.17) is 9.47 Å². The van der Waals surface area contributed by atoms with Gasteiger partial charge in [0.05, 0.1) is 30.8 Å². The first-order valence-corrected chi connectivity index (χ1v) is 9.84. The third-order valence-electron chi connectivity index (χ3n) is 5.82. The number of quaternary nitrogens is 1. The van der Waals surface area contributed by atoms with Gasteiger partial charge in [0.1, 0.15) is 18.0 Å². The molecule has 2 heterocycles. The number of ether oxygens (including phenoxy) is 2. The van der Waals surface area contributed by atoms with Gasteiger partial charge in [-0.1, -0.05) is 12.1 Å². The molecule has 2 aliphatic heterocycles. The normalized spacial score (nSPS) is 22.8. The van der Waals surface area contributed by atoms with Gasteiger partial charge >= 0.3 is 0 Å². The average Bonchev–Trinajstić information content (AvgIpc) is 3.02. The number of ketones is 1. The highest BCUT2D eigenvalue weighted by molar-refractivity contribution is 6.14. The zero-order valence-corrected chi connectivity index (χ0v) is 16.3. The van der Waals surface area contributed by atoms with Crippen LogP contribution in [0.15, 0.2) is 42.2 Å². The fourth-order valence-corrected chi connectivity index (χ4v) is 4.06. The van der Waals surface area contributed by atoms with Crippen LogP contribution in [0.3, 0.4) is 0 Å². The Morgan fingerprint density at radius 3 is 2.71 bits per heavy atom. The van der Waals surface area contributed by atoms with Crippen molar-refractivity contribution in [1.29, 1.82) is 0 Å². The van der Waals surface area contributed by atoms with E-state index in [9.17, 15) is 9.90 Å². The van der Waals surface area contributed by atoms with E-state index in [2.05, 4.69) is 6.92 Å². The molecular weight excluding hydrogens is 354 g/mol. The number of benzene rings is 2. The number of methoxy groups -OCH3 is 1. The molecule has 2 atom stereocenters. The van der Waals surface area contributed by atoms with Gasteiger partial charge in [-0.25, -0.2) is 0 Å². The van der Waals surface area contributed by atoms with Crippen molar-refractivity contribution in [3.05, 3.63) is 58.8 Å². The minimum Gasteiger partial charge on any atom is -0.507 e. The van der Waals surface area contributed by atoms with Crippen molar-refractivity contribution in [3.63, 3.8) is 0 Å². The maximum absolute atomic E-state index is 12.8. The molecule has 146 valence electrons. The quantitative estimate of drug-likeness (QED) is 0.801. The second-order valence-electron chi connectivity index (χ2n) is 7.63. The lowest BCUT2D eigenvalue weighted by Gasteiger charge is -2.30. The summed E-state index contributed by atoms with van der Waals surface area (Å²) in [4.78, 5) is 14.3. The number of phenols is 1. The van der Waals surface area contributed by atoms with Crippen LogP contribution in [0.5, 0.6) is 17.2 Å². The number of phenolic OH excluding ortho intramolecular Hbond substituents is 1. The molecule has 0 radical (unpaired) electrons. The Kier molecular flexibility index (Phi) is 5.09. The molecule has 5 nitrogen and oxygen atoms in total. The Hall–Kier alpha value is -2.79. The monoisotopic (exact) mass is 380 g/mol. The van der Waals surface area contributed by atoms with Crippen molar-refractivity contribution in [2.45, 2.75) is 38.8 Å². The predicted octanol–water partition coefficient (Wildman–Crippen LogP) is 2.97. The SMILES string of the molecule is COc1ccc(/C=C2\Oc3c(ccc(O)c3C[NH+]3CCCC[C@@H]3C)C2=O)cc1. The summed E-state index contributed by atoms with van der Waals surface area (Å²) < 4.78 is 11.1. The summed E-state index contributed by atoms with van der Waals surface area (Å²) in [5, 5.41) is 10.5. The lowest BCUT2D eigenvalue weighted by atomic mass is 10.0. The first-order valence-electron chi connectivity index (χ1n) is 9.84. The minimum atomic E-state index is -0.145. The number of piperidine rings is 1. The van der Waals surface area contributed by atoms with Crippen molar-refractivity contribution < 1.29 is 24.3 Å². The molecule has 28 heavy (non-hydrogen) atoms. The predicted molar refractivity (Wildman–Crippen MR) is 107 cm³/mol. The van der Waals surface area contributed by atoms with Crippen LogP contribution in [-0.4, -0.2) is 30.6 Å². The molecule has 0 aromatic heterocycles. The first-order chi connectivity index (χ1) is 13.6. The van der Waals surface area contributed by atoms with Gasteiger partial charge in [0, 0.05) is 0 Å². The van der Waals surface area contributed by atoms with Gasteiger partial charge in [-0.2, -0.15) is 0 Å². The molecule has 0 spiro atoms. The highest BCUT2D eigenvalue weighted by atomic mass is 16.5. The summed E-state index contributed by atoms with van der Waals surface area (Å²) in [5.41, 5.74) is 2.11. The molecular formula is C23H26NO4+. The van der Waals surface area contributed by atoms with Gasteiger partial charge in [-0.15, -0.1) is 0 Å². The number of Topliss-reactive ketones (excluding diaryl/α,β-unsaturated/α-hetero) is 1. The smallest absolute Gasteiger partial charge is 0.231 e.